The largest absolute Gasteiger partial charge is 0.433 e. The molecule has 2 heterocycles. The van der Waals surface area contributed by atoms with Crippen LogP contribution in [0.15, 0.2) is 18.3 Å². The fourth-order valence-corrected chi connectivity index (χ4v) is 1.96. The van der Waals surface area contributed by atoms with Crippen LogP contribution in [0, 0.1) is 5.92 Å². The van der Waals surface area contributed by atoms with Gasteiger partial charge in [-0.2, -0.15) is 13.2 Å². The minimum absolute atomic E-state index is 0.116. The summed E-state index contributed by atoms with van der Waals surface area (Å²) < 4.78 is 36.9. The van der Waals surface area contributed by atoms with Crippen LogP contribution in [0.5, 0.6) is 0 Å². The molecule has 1 unspecified atom stereocenters. The van der Waals surface area contributed by atoms with Crippen LogP contribution < -0.4 is 4.90 Å². The second kappa shape index (κ2) is 4.52. The molecule has 0 aliphatic carbocycles. The van der Waals surface area contributed by atoms with Crippen molar-refractivity contribution >= 4 is 5.69 Å². The molecule has 0 amide bonds. The maximum Gasteiger partial charge on any atom is 0.433 e. The molecule has 1 aromatic heterocycles. The van der Waals surface area contributed by atoms with E-state index in [4.69, 9.17) is 5.11 Å². The van der Waals surface area contributed by atoms with Crippen LogP contribution in [0.4, 0.5) is 18.9 Å². The molecule has 0 saturated carbocycles. The van der Waals surface area contributed by atoms with E-state index in [0.29, 0.717) is 12.2 Å². The van der Waals surface area contributed by atoms with Gasteiger partial charge in [-0.25, -0.2) is 4.98 Å². The van der Waals surface area contributed by atoms with Gasteiger partial charge in [-0.05, 0) is 18.6 Å². The van der Waals surface area contributed by atoms with Crippen molar-refractivity contribution in [3.63, 3.8) is 0 Å². The Morgan fingerprint density at radius 1 is 1.41 bits per heavy atom. The predicted molar refractivity (Wildman–Crippen MR) is 56.6 cm³/mol. The van der Waals surface area contributed by atoms with Crippen molar-refractivity contribution in [2.45, 2.75) is 12.6 Å². The Hall–Kier alpha value is -1.30. The summed E-state index contributed by atoms with van der Waals surface area (Å²) in [5, 5.41) is 8.99. The highest BCUT2D eigenvalue weighted by molar-refractivity contribution is 5.45. The Bertz CT molecular complexity index is 377. The summed E-state index contributed by atoms with van der Waals surface area (Å²) in [7, 11) is 0. The van der Waals surface area contributed by atoms with Crippen LogP contribution in [0.2, 0.25) is 0 Å². The van der Waals surface area contributed by atoms with Crippen LogP contribution >= 0.6 is 0 Å². The summed E-state index contributed by atoms with van der Waals surface area (Å²) in [5.74, 6) is 0.206. The molecule has 0 aromatic carbocycles. The van der Waals surface area contributed by atoms with Gasteiger partial charge in [-0.3, -0.25) is 0 Å². The number of hydrogen-bond acceptors (Lipinski definition) is 3. The zero-order chi connectivity index (χ0) is 12.5. The molecule has 1 fully saturated rings. The highest BCUT2D eigenvalue weighted by Gasteiger charge is 2.32. The first-order chi connectivity index (χ1) is 8.00. The summed E-state index contributed by atoms with van der Waals surface area (Å²) in [5.41, 5.74) is -0.201. The van der Waals surface area contributed by atoms with Gasteiger partial charge in [0.25, 0.3) is 0 Å². The molecular weight excluding hydrogens is 233 g/mol. The summed E-state index contributed by atoms with van der Waals surface area (Å²) in [6.07, 6.45) is -2.29. The third-order valence-corrected chi connectivity index (χ3v) is 2.95. The fraction of sp³-hybridized carbons (Fsp3) is 0.545. The first-order valence-electron chi connectivity index (χ1n) is 5.40. The predicted octanol–water partition coefficient (Wildman–Crippen LogP) is 1.92. The molecule has 1 aliphatic heterocycles. The topological polar surface area (TPSA) is 36.4 Å². The van der Waals surface area contributed by atoms with Crippen molar-refractivity contribution in [1.29, 1.82) is 0 Å². The standard InChI is InChI=1S/C11H13F3N2O/c12-11(13,14)10-2-1-9(5-15-10)16-4-3-8(6-16)7-17/h1-2,5,8,17H,3-4,6-7H2. The highest BCUT2D eigenvalue weighted by Crippen LogP contribution is 2.29. The average Bonchev–Trinajstić information content (AvgIpc) is 2.76. The molecule has 1 aliphatic rings. The van der Waals surface area contributed by atoms with Crippen LogP contribution in [0.1, 0.15) is 12.1 Å². The Morgan fingerprint density at radius 2 is 2.18 bits per heavy atom. The van der Waals surface area contributed by atoms with Gasteiger partial charge in [0.1, 0.15) is 5.69 Å². The average molecular weight is 246 g/mol. The molecule has 1 atom stereocenters. The molecule has 0 bridgehead atoms. The van der Waals surface area contributed by atoms with Gasteiger partial charge in [0.15, 0.2) is 0 Å². The summed E-state index contributed by atoms with van der Waals surface area (Å²) in [6, 6.07) is 2.41. The Morgan fingerprint density at radius 3 is 2.65 bits per heavy atom. The minimum Gasteiger partial charge on any atom is -0.396 e. The minimum atomic E-state index is -4.39. The van der Waals surface area contributed by atoms with Crippen LogP contribution in [-0.4, -0.2) is 29.8 Å². The first kappa shape index (κ1) is 12.2. The lowest BCUT2D eigenvalue weighted by atomic mass is 10.1. The number of alkyl halides is 3. The normalized spacial score (nSPS) is 20.9. The molecular formula is C11H13F3N2O. The Balaban J connectivity index is 2.09. The summed E-state index contributed by atoms with van der Waals surface area (Å²) in [6.45, 7) is 1.53. The number of aliphatic hydroxyl groups excluding tert-OH is 1. The van der Waals surface area contributed by atoms with E-state index in [1.807, 2.05) is 4.90 Å². The maximum absolute atomic E-state index is 12.3. The number of rotatable bonds is 2. The molecule has 17 heavy (non-hydrogen) atoms. The molecule has 0 spiro atoms. The van der Waals surface area contributed by atoms with Gasteiger partial charge in [0.05, 0.1) is 11.9 Å². The third kappa shape index (κ3) is 2.69. The number of hydrogen-bond donors (Lipinski definition) is 1. The number of nitrogens with zero attached hydrogens (tertiary/aromatic N) is 2. The van der Waals surface area contributed by atoms with Gasteiger partial charge in [0, 0.05) is 25.6 Å². The van der Waals surface area contributed by atoms with E-state index in [2.05, 4.69) is 4.98 Å². The molecule has 1 saturated heterocycles. The van der Waals surface area contributed by atoms with E-state index in [9.17, 15) is 13.2 Å². The number of halogens is 3. The molecule has 6 heteroatoms. The third-order valence-electron chi connectivity index (χ3n) is 2.95. The second-order valence-electron chi connectivity index (χ2n) is 4.18. The zero-order valence-corrected chi connectivity index (χ0v) is 9.11. The van der Waals surface area contributed by atoms with Gasteiger partial charge >= 0.3 is 6.18 Å². The number of aromatic nitrogens is 1. The lowest BCUT2D eigenvalue weighted by Crippen LogP contribution is -2.21. The highest BCUT2D eigenvalue weighted by atomic mass is 19.4. The Kier molecular flexibility index (Phi) is 3.24. The van der Waals surface area contributed by atoms with E-state index >= 15 is 0 Å². The molecule has 1 N–H and O–H groups in total. The van der Waals surface area contributed by atoms with Crippen molar-refractivity contribution in [2.24, 2.45) is 5.92 Å². The van der Waals surface area contributed by atoms with E-state index in [-0.39, 0.29) is 12.5 Å². The monoisotopic (exact) mass is 246 g/mol. The number of aliphatic hydroxyl groups is 1. The second-order valence-corrected chi connectivity index (χ2v) is 4.18. The van der Waals surface area contributed by atoms with E-state index in [1.165, 1.54) is 12.3 Å². The van der Waals surface area contributed by atoms with Gasteiger partial charge in [-0.15, -0.1) is 0 Å². The van der Waals surface area contributed by atoms with Crippen LogP contribution in [0.25, 0.3) is 0 Å². The van der Waals surface area contributed by atoms with Crippen molar-refractivity contribution in [1.82, 2.24) is 4.98 Å². The molecule has 3 nitrogen and oxygen atoms in total. The number of anilines is 1. The lowest BCUT2D eigenvalue weighted by molar-refractivity contribution is -0.141. The summed E-state index contributed by atoms with van der Waals surface area (Å²) >= 11 is 0. The van der Waals surface area contributed by atoms with E-state index in [0.717, 1.165) is 19.0 Å². The van der Waals surface area contributed by atoms with Crippen LogP contribution in [-0.2, 0) is 6.18 Å². The smallest absolute Gasteiger partial charge is 0.396 e. The fourth-order valence-electron chi connectivity index (χ4n) is 1.96. The number of pyridine rings is 1. The van der Waals surface area contributed by atoms with Crippen molar-refractivity contribution in [3.05, 3.63) is 24.0 Å². The van der Waals surface area contributed by atoms with E-state index < -0.39 is 11.9 Å². The van der Waals surface area contributed by atoms with Gasteiger partial charge in [-0.1, -0.05) is 0 Å². The maximum atomic E-state index is 12.3. The lowest BCUT2D eigenvalue weighted by Gasteiger charge is -2.18. The first-order valence-corrected chi connectivity index (χ1v) is 5.40. The molecule has 94 valence electrons. The molecule has 0 radical (unpaired) electrons. The molecule has 1 aromatic rings. The Labute approximate surface area is 96.9 Å². The van der Waals surface area contributed by atoms with Crippen molar-refractivity contribution in [3.8, 4) is 0 Å². The van der Waals surface area contributed by atoms with Gasteiger partial charge in [0.2, 0.25) is 0 Å². The van der Waals surface area contributed by atoms with Crippen molar-refractivity contribution in [2.75, 3.05) is 24.6 Å². The zero-order valence-electron chi connectivity index (χ0n) is 9.11. The SMILES string of the molecule is OCC1CCN(c2ccc(C(F)(F)F)nc2)C1. The summed E-state index contributed by atoms with van der Waals surface area (Å²) in [4.78, 5) is 5.35. The quantitative estimate of drug-likeness (QED) is 0.866. The van der Waals surface area contributed by atoms with Crippen molar-refractivity contribution < 1.29 is 18.3 Å². The molecule has 2 rings (SSSR count). The van der Waals surface area contributed by atoms with Crippen LogP contribution in [0.3, 0.4) is 0 Å². The van der Waals surface area contributed by atoms with Gasteiger partial charge < -0.3 is 10.0 Å². The van der Waals surface area contributed by atoms with E-state index in [1.54, 1.807) is 0 Å².